The third-order valence-corrected chi connectivity index (χ3v) is 6.14. The van der Waals surface area contributed by atoms with Crippen LogP contribution in [0.1, 0.15) is 91.4 Å². The van der Waals surface area contributed by atoms with Gasteiger partial charge in [0.15, 0.2) is 0 Å². The van der Waals surface area contributed by atoms with E-state index in [9.17, 15) is 0 Å². The second-order valence-corrected chi connectivity index (χ2v) is 7.59. The van der Waals surface area contributed by atoms with Crippen molar-refractivity contribution in [2.24, 2.45) is 16.7 Å². The van der Waals surface area contributed by atoms with E-state index in [1.807, 2.05) is 0 Å². The zero-order valence-corrected chi connectivity index (χ0v) is 12.4. The summed E-state index contributed by atoms with van der Waals surface area (Å²) in [4.78, 5) is 0. The Morgan fingerprint density at radius 1 is 0.706 bits per heavy atom. The molecular weight excluding hydrogens is 204 g/mol. The third-order valence-electron chi connectivity index (χ3n) is 6.14. The van der Waals surface area contributed by atoms with Gasteiger partial charge in [-0.3, -0.25) is 0 Å². The van der Waals surface area contributed by atoms with Crippen LogP contribution in [-0.4, -0.2) is 0 Å². The molecule has 2 unspecified atom stereocenters. The fraction of sp³-hybridized carbons (Fsp3) is 1.00. The molecule has 0 N–H and O–H groups in total. The molecule has 0 amide bonds. The van der Waals surface area contributed by atoms with Crippen LogP contribution in [0.5, 0.6) is 0 Å². The molecule has 0 aromatic carbocycles. The van der Waals surface area contributed by atoms with Gasteiger partial charge in [0.2, 0.25) is 0 Å². The molecule has 2 aliphatic carbocycles. The Balaban J connectivity index is 2.15. The van der Waals surface area contributed by atoms with Crippen LogP contribution < -0.4 is 0 Å². The normalized spacial score (nSPS) is 39.4. The van der Waals surface area contributed by atoms with Crippen LogP contribution in [0.15, 0.2) is 0 Å². The number of rotatable bonds is 1. The fourth-order valence-electron chi connectivity index (χ4n) is 4.64. The zero-order chi connectivity index (χ0) is 12.4. The van der Waals surface area contributed by atoms with Gasteiger partial charge in [-0.15, -0.1) is 0 Å². The smallest absolute Gasteiger partial charge is 0.0269 e. The SMILES string of the molecule is CC1CCCCC(C)(C2(C)CCCCCC2)C1. The average molecular weight is 236 g/mol. The van der Waals surface area contributed by atoms with E-state index in [2.05, 4.69) is 20.8 Å². The topological polar surface area (TPSA) is 0 Å². The monoisotopic (exact) mass is 236 g/mol. The molecule has 2 rings (SSSR count). The molecule has 2 aliphatic rings. The van der Waals surface area contributed by atoms with Gasteiger partial charge in [-0.2, -0.15) is 0 Å². The van der Waals surface area contributed by atoms with E-state index in [0.717, 1.165) is 5.92 Å². The molecule has 2 atom stereocenters. The predicted molar refractivity (Wildman–Crippen MR) is 76.2 cm³/mol. The third kappa shape index (κ3) is 2.88. The molecule has 17 heavy (non-hydrogen) atoms. The van der Waals surface area contributed by atoms with E-state index in [4.69, 9.17) is 0 Å². The molecule has 0 spiro atoms. The van der Waals surface area contributed by atoms with Crippen LogP contribution >= 0.6 is 0 Å². The minimum absolute atomic E-state index is 0.632. The standard InChI is InChI=1S/C17H32/c1-15-10-6-9-13-17(3,14-15)16(2)11-7-4-5-8-12-16/h15H,4-14H2,1-3H3. The van der Waals surface area contributed by atoms with Gasteiger partial charge in [0.1, 0.15) is 0 Å². The lowest BCUT2D eigenvalue weighted by molar-refractivity contribution is 0.0251. The molecule has 0 aliphatic heterocycles. The minimum atomic E-state index is 0.632. The van der Waals surface area contributed by atoms with Gasteiger partial charge in [0, 0.05) is 0 Å². The zero-order valence-electron chi connectivity index (χ0n) is 12.4. The highest BCUT2D eigenvalue weighted by Gasteiger charge is 2.44. The summed E-state index contributed by atoms with van der Waals surface area (Å²) in [6.07, 6.45) is 16.4. The van der Waals surface area contributed by atoms with Crippen molar-refractivity contribution in [3.8, 4) is 0 Å². The molecule has 0 radical (unpaired) electrons. The Morgan fingerprint density at radius 2 is 1.24 bits per heavy atom. The molecule has 0 aromatic rings. The summed E-state index contributed by atoms with van der Waals surface area (Å²) in [6.45, 7) is 7.74. The highest BCUT2D eigenvalue weighted by molar-refractivity contribution is 4.95. The molecule has 2 saturated carbocycles. The Hall–Kier alpha value is 0. The lowest BCUT2D eigenvalue weighted by Gasteiger charge is -2.48. The minimum Gasteiger partial charge on any atom is -0.0625 e. The molecule has 2 fully saturated rings. The first-order valence-electron chi connectivity index (χ1n) is 8.06. The maximum atomic E-state index is 2.63. The quantitative estimate of drug-likeness (QED) is 0.493. The highest BCUT2D eigenvalue weighted by Crippen LogP contribution is 2.55. The largest absolute Gasteiger partial charge is 0.0625 e. The van der Waals surface area contributed by atoms with E-state index < -0.39 is 0 Å². The number of hydrogen-bond acceptors (Lipinski definition) is 0. The second-order valence-electron chi connectivity index (χ2n) is 7.59. The maximum Gasteiger partial charge on any atom is -0.0269 e. The second kappa shape index (κ2) is 5.33. The average Bonchev–Trinajstić information content (AvgIpc) is 2.59. The van der Waals surface area contributed by atoms with E-state index in [1.54, 1.807) is 0 Å². The molecule has 0 saturated heterocycles. The first kappa shape index (κ1) is 13.4. The molecule has 0 heterocycles. The summed E-state index contributed by atoms with van der Waals surface area (Å²) in [5.41, 5.74) is 1.27. The van der Waals surface area contributed by atoms with Crippen LogP contribution in [0.3, 0.4) is 0 Å². The van der Waals surface area contributed by atoms with Crippen molar-refractivity contribution in [3.63, 3.8) is 0 Å². The fourth-order valence-corrected chi connectivity index (χ4v) is 4.64. The number of hydrogen-bond donors (Lipinski definition) is 0. The molecule has 0 nitrogen and oxygen atoms in total. The Bertz CT molecular complexity index is 234. The van der Waals surface area contributed by atoms with Gasteiger partial charge in [0.05, 0.1) is 0 Å². The Morgan fingerprint density at radius 3 is 1.88 bits per heavy atom. The summed E-state index contributed by atoms with van der Waals surface area (Å²) in [7, 11) is 0. The van der Waals surface area contributed by atoms with Crippen molar-refractivity contribution >= 4 is 0 Å². The lowest BCUT2D eigenvalue weighted by atomic mass is 9.57. The Kier molecular flexibility index (Phi) is 4.21. The van der Waals surface area contributed by atoms with Crippen LogP contribution in [-0.2, 0) is 0 Å². The van der Waals surface area contributed by atoms with Crippen molar-refractivity contribution in [2.45, 2.75) is 91.4 Å². The van der Waals surface area contributed by atoms with Gasteiger partial charge in [-0.05, 0) is 42.4 Å². The van der Waals surface area contributed by atoms with Crippen LogP contribution in [0, 0.1) is 16.7 Å². The highest BCUT2D eigenvalue weighted by atomic mass is 14.5. The first-order chi connectivity index (χ1) is 8.06. The van der Waals surface area contributed by atoms with Crippen LogP contribution in [0.25, 0.3) is 0 Å². The van der Waals surface area contributed by atoms with Gasteiger partial charge in [-0.25, -0.2) is 0 Å². The van der Waals surface area contributed by atoms with Gasteiger partial charge in [-0.1, -0.05) is 65.7 Å². The predicted octanol–water partition coefficient (Wildman–Crippen LogP) is 5.95. The van der Waals surface area contributed by atoms with Gasteiger partial charge < -0.3 is 0 Å². The van der Waals surface area contributed by atoms with Crippen molar-refractivity contribution in [2.75, 3.05) is 0 Å². The maximum absolute atomic E-state index is 2.63. The molecule has 0 bridgehead atoms. The first-order valence-corrected chi connectivity index (χ1v) is 8.06. The van der Waals surface area contributed by atoms with Crippen LogP contribution in [0.2, 0.25) is 0 Å². The van der Waals surface area contributed by atoms with E-state index in [1.165, 1.54) is 70.6 Å². The summed E-state index contributed by atoms with van der Waals surface area (Å²) >= 11 is 0. The van der Waals surface area contributed by atoms with Gasteiger partial charge in [0.25, 0.3) is 0 Å². The summed E-state index contributed by atoms with van der Waals surface area (Å²) in [5.74, 6) is 0.961. The molecule has 0 heteroatoms. The van der Waals surface area contributed by atoms with Crippen molar-refractivity contribution in [3.05, 3.63) is 0 Å². The lowest BCUT2D eigenvalue weighted by Crippen LogP contribution is -2.38. The molecule has 100 valence electrons. The summed E-state index contributed by atoms with van der Waals surface area (Å²) in [6, 6.07) is 0. The van der Waals surface area contributed by atoms with E-state index in [0.29, 0.717) is 10.8 Å². The summed E-state index contributed by atoms with van der Waals surface area (Å²) in [5, 5.41) is 0. The van der Waals surface area contributed by atoms with Crippen molar-refractivity contribution in [1.82, 2.24) is 0 Å². The van der Waals surface area contributed by atoms with Crippen LogP contribution in [0.4, 0.5) is 0 Å². The van der Waals surface area contributed by atoms with E-state index >= 15 is 0 Å². The molecular formula is C17H32. The summed E-state index contributed by atoms with van der Waals surface area (Å²) < 4.78 is 0. The molecule has 0 aromatic heterocycles. The van der Waals surface area contributed by atoms with Crippen molar-refractivity contribution < 1.29 is 0 Å². The van der Waals surface area contributed by atoms with Gasteiger partial charge >= 0.3 is 0 Å². The van der Waals surface area contributed by atoms with Crippen molar-refractivity contribution in [1.29, 1.82) is 0 Å². The Labute approximate surface area is 109 Å². The van der Waals surface area contributed by atoms with E-state index in [-0.39, 0.29) is 0 Å².